The number of nitrogens with zero attached hydrogens (tertiary/aromatic N) is 3. The van der Waals surface area contributed by atoms with E-state index in [-0.39, 0.29) is 5.54 Å². The van der Waals surface area contributed by atoms with Crippen molar-refractivity contribution in [1.82, 2.24) is 15.5 Å². The highest BCUT2D eigenvalue weighted by Gasteiger charge is 2.27. The van der Waals surface area contributed by atoms with Crippen LogP contribution in [0.3, 0.4) is 0 Å². The average molecular weight is 370 g/mol. The highest BCUT2D eigenvalue weighted by molar-refractivity contribution is 5.79. The Bertz CT molecular complexity index is 633. The van der Waals surface area contributed by atoms with E-state index in [9.17, 15) is 0 Å². The molecule has 1 aromatic carbocycles. The maximum absolute atomic E-state index is 4.39. The van der Waals surface area contributed by atoms with Crippen LogP contribution in [-0.2, 0) is 6.54 Å². The topological polar surface area (TPSA) is 42.9 Å². The predicted octanol–water partition coefficient (Wildman–Crippen LogP) is 2.99. The lowest BCUT2D eigenvalue weighted by molar-refractivity contribution is 0.0982. The summed E-state index contributed by atoms with van der Waals surface area (Å²) >= 11 is 0. The van der Waals surface area contributed by atoms with Crippen LogP contribution in [0.4, 0.5) is 5.69 Å². The van der Waals surface area contributed by atoms with Gasteiger partial charge in [0.1, 0.15) is 0 Å². The number of anilines is 1. The quantitative estimate of drug-likeness (QED) is 0.460. The molecule has 5 heteroatoms. The standard InChI is InChI=1S/C22H35N5/c1-22(2,27-15-5-4-6-16-27)18-25-21(23-3)24-17-19-9-11-20(12-10-19)26-13-7-8-14-26/h7-12H,4-6,13-18H2,1-3H3,(H2,23,24,25). The molecule has 3 rings (SSSR count). The molecule has 1 aromatic rings. The van der Waals surface area contributed by atoms with Crippen LogP contribution >= 0.6 is 0 Å². The van der Waals surface area contributed by atoms with Crippen LogP contribution < -0.4 is 15.5 Å². The molecule has 2 N–H and O–H groups in total. The highest BCUT2D eigenvalue weighted by Crippen LogP contribution is 2.20. The molecule has 0 unspecified atom stereocenters. The maximum atomic E-state index is 4.39. The van der Waals surface area contributed by atoms with E-state index in [1.807, 2.05) is 7.05 Å². The molecule has 0 bridgehead atoms. The summed E-state index contributed by atoms with van der Waals surface area (Å²) in [5.41, 5.74) is 2.70. The van der Waals surface area contributed by atoms with Gasteiger partial charge in [-0.05, 0) is 57.5 Å². The van der Waals surface area contributed by atoms with E-state index in [0.717, 1.165) is 32.1 Å². The van der Waals surface area contributed by atoms with Crippen molar-refractivity contribution in [2.45, 2.75) is 45.2 Å². The third kappa shape index (κ3) is 5.48. The van der Waals surface area contributed by atoms with Gasteiger partial charge >= 0.3 is 0 Å². The van der Waals surface area contributed by atoms with Gasteiger partial charge in [0.2, 0.25) is 0 Å². The lowest BCUT2D eigenvalue weighted by atomic mass is 9.98. The van der Waals surface area contributed by atoms with E-state index in [0.29, 0.717) is 0 Å². The van der Waals surface area contributed by atoms with Crippen LogP contribution in [0.2, 0.25) is 0 Å². The van der Waals surface area contributed by atoms with Crippen LogP contribution in [0.25, 0.3) is 0 Å². The van der Waals surface area contributed by atoms with Gasteiger partial charge < -0.3 is 15.5 Å². The summed E-state index contributed by atoms with van der Waals surface area (Å²) in [4.78, 5) is 9.35. The molecule has 27 heavy (non-hydrogen) atoms. The Kier molecular flexibility index (Phi) is 6.78. The van der Waals surface area contributed by atoms with Crippen molar-refractivity contribution in [3.63, 3.8) is 0 Å². The second-order valence-corrected chi connectivity index (χ2v) is 8.18. The van der Waals surface area contributed by atoms with Crippen molar-refractivity contribution in [2.75, 3.05) is 44.7 Å². The Morgan fingerprint density at radius 2 is 1.67 bits per heavy atom. The molecule has 0 saturated carbocycles. The molecule has 5 nitrogen and oxygen atoms in total. The van der Waals surface area contributed by atoms with Crippen LogP contribution in [0.15, 0.2) is 41.4 Å². The Hall–Kier alpha value is -2.01. The fraction of sp³-hybridized carbons (Fsp3) is 0.591. The number of benzene rings is 1. The number of nitrogens with one attached hydrogen (secondary N) is 2. The molecular formula is C22H35N5. The van der Waals surface area contributed by atoms with E-state index < -0.39 is 0 Å². The number of likely N-dealkylation sites (tertiary alicyclic amines) is 1. The third-order valence-electron chi connectivity index (χ3n) is 5.70. The molecule has 0 atom stereocenters. The fourth-order valence-corrected chi connectivity index (χ4v) is 3.83. The Morgan fingerprint density at radius 3 is 2.30 bits per heavy atom. The summed E-state index contributed by atoms with van der Waals surface area (Å²) in [7, 11) is 1.84. The zero-order valence-electron chi connectivity index (χ0n) is 17.2. The minimum absolute atomic E-state index is 0.142. The molecular weight excluding hydrogens is 334 g/mol. The van der Waals surface area contributed by atoms with Gasteiger partial charge in [0.15, 0.2) is 5.96 Å². The molecule has 148 valence electrons. The summed E-state index contributed by atoms with van der Waals surface area (Å²) in [5.74, 6) is 0.868. The molecule has 0 aromatic heterocycles. The van der Waals surface area contributed by atoms with Crippen molar-refractivity contribution in [2.24, 2.45) is 4.99 Å². The van der Waals surface area contributed by atoms with Gasteiger partial charge in [-0.3, -0.25) is 9.89 Å². The first kappa shape index (κ1) is 19.7. The van der Waals surface area contributed by atoms with E-state index in [4.69, 9.17) is 0 Å². The maximum Gasteiger partial charge on any atom is 0.191 e. The average Bonchev–Trinajstić information content (AvgIpc) is 3.24. The van der Waals surface area contributed by atoms with Crippen molar-refractivity contribution < 1.29 is 0 Å². The van der Waals surface area contributed by atoms with Gasteiger partial charge in [-0.25, -0.2) is 0 Å². The Balaban J connectivity index is 1.46. The SMILES string of the molecule is CN=C(NCc1ccc(N2CC=CC2)cc1)NCC(C)(C)N1CCCCC1. The first-order chi connectivity index (χ1) is 13.1. The number of guanidine groups is 1. The largest absolute Gasteiger partial charge is 0.364 e. The number of hydrogen-bond donors (Lipinski definition) is 2. The van der Waals surface area contributed by atoms with Gasteiger partial charge in [-0.15, -0.1) is 0 Å². The van der Waals surface area contributed by atoms with E-state index in [1.54, 1.807) is 0 Å². The molecule has 1 saturated heterocycles. The first-order valence-electron chi connectivity index (χ1n) is 10.3. The van der Waals surface area contributed by atoms with Crippen molar-refractivity contribution in [3.8, 4) is 0 Å². The summed E-state index contributed by atoms with van der Waals surface area (Å²) in [6, 6.07) is 8.82. The molecule has 2 heterocycles. The van der Waals surface area contributed by atoms with Gasteiger partial charge in [0.05, 0.1) is 0 Å². The predicted molar refractivity (Wildman–Crippen MR) is 115 cm³/mol. The van der Waals surface area contributed by atoms with Crippen LogP contribution in [-0.4, -0.2) is 56.2 Å². The molecule has 2 aliphatic rings. The fourth-order valence-electron chi connectivity index (χ4n) is 3.83. The van der Waals surface area contributed by atoms with Crippen LogP contribution in [0, 0.1) is 0 Å². The summed E-state index contributed by atoms with van der Waals surface area (Å²) in [5, 5.41) is 6.96. The van der Waals surface area contributed by atoms with Gasteiger partial charge in [-0.2, -0.15) is 0 Å². The minimum Gasteiger partial charge on any atom is -0.364 e. The zero-order chi connectivity index (χ0) is 19.1. The number of rotatable bonds is 6. The summed E-state index contributed by atoms with van der Waals surface area (Å²) in [6.45, 7) is 10.8. The second-order valence-electron chi connectivity index (χ2n) is 8.18. The van der Waals surface area contributed by atoms with Crippen molar-refractivity contribution >= 4 is 11.6 Å². The van der Waals surface area contributed by atoms with Crippen molar-refractivity contribution in [3.05, 3.63) is 42.0 Å². The third-order valence-corrected chi connectivity index (χ3v) is 5.70. The first-order valence-corrected chi connectivity index (χ1v) is 10.3. The van der Waals surface area contributed by atoms with Gasteiger partial charge in [-0.1, -0.05) is 30.7 Å². The molecule has 0 aliphatic carbocycles. The molecule has 2 aliphatic heterocycles. The number of piperidine rings is 1. The van der Waals surface area contributed by atoms with E-state index >= 15 is 0 Å². The van der Waals surface area contributed by atoms with Crippen LogP contribution in [0.1, 0.15) is 38.7 Å². The Morgan fingerprint density at radius 1 is 1.00 bits per heavy atom. The molecule has 1 fully saturated rings. The minimum atomic E-state index is 0.142. The molecule has 0 spiro atoms. The lowest BCUT2D eigenvalue weighted by Gasteiger charge is -2.41. The monoisotopic (exact) mass is 369 g/mol. The number of hydrogen-bond acceptors (Lipinski definition) is 3. The van der Waals surface area contributed by atoms with Crippen LogP contribution in [0.5, 0.6) is 0 Å². The van der Waals surface area contributed by atoms with Crippen molar-refractivity contribution in [1.29, 1.82) is 0 Å². The zero-order valence-corrected chi connectivity index (χ0v) is 17.2. The van der Waals surface area contributed by atoms with Gasteiger partial charge in [0.25, 0.3) is 0 Å². The second kappa shape index (κ2) is 9.27. The summed E-state index contributed by atoms with van der Waals surface area (Å²) < 4.78 is 0. The van der Waals surface area contributed by atoms with E-state index in [1.165, 1.54) is 43.6 Å². The summed E-state index contributed by atoms with van der Waals surface area (Å²) in [6.07, 6.45) is 8.45. The molecule has 0 radical (unpaired) electrons. The normalized spacial score (nSPS) is 18.8. The molecule has 0 amide bonds. The smallest absolute Gasteiger partial charge is 0.191 e. The van der Waals surface area contributed by atoms with Gasteiger partial charge in [0, 0.05) is 44.5 Å². The van der Waals surface area contributed by atoms with E-state index in [2.05, 4.69) is 75.7 Å². The number of aliphatic imine (C=N–C) groups is 1. The lowest BCUT2D eigenvalue weighted by Crippen LogP contribution is -2.54. The Labute approximate surface area is 164 Å². The highest BCUT2D eigenvalue weighted by atomic mass is 15.2.